The molecule has 0 atom stereocenters. The number of carbonyl (C=O) groups excluding carboxylic acids is 2. The van der Waals surface area contributed by atoms with Gasteiger partial charge in [-0.1, -0.05) is 38.1 Å². The van der Waals surface area contributed by atoms with Gasteiger partial charge in [0.05, 0.1) is 16.8 Å². The molecule has 0 aliphatic carbocycles. The van der Waals surface area contributed by atoms with E-state index >= 15 is 0 Å². The van der Waals surface area contributed by atoms with Gasteiger partial charge in [0.2, 0.25) is 0 Å². The van der Waals surface area contributed by atoms with E-state index < -0.39 is 0 Å². The van der Waals surface area contributed by atoms with Crippen molar-refractivity contribution in [1.29, 1.82) is 0 Å². The number of hydrogen-bond acceptors (Lipinski definition) is 3. The molecule has 0 aliphatic heterocycles. The van der Waals surface area contributed by atoms with E-state index in [0.29, 0.717) is 22.1 Å². The highest BCUT2D eigenvalue weighted by atomic mass is 32.2. The average Bonchev–Trinajstić information content (AvgIpc) is 2.53. The van der Waals surface area contributed by atoms with Crippen LogP contribution in [-0.2, 0) is 0 Å². The van der Waals surface area contributed by atoms with Gasteiger partial charge in [0.1, 0.15) is 0 Å². The molecule has 0 saturated heterocycles. The minimum atomic E-state index is -0.352. The number of carbonyl (C=O) groups is 2. The Hall–Kier alpha value is -2.27. The summed E-state index contributed by atoms with van der Waals surface area (Å²) in [6.07, 6.45) is 0. The van der Waals surface area contributed by atoms with Gasteiger partial charge in [-0.15, -0.1) is 11.8 Å². The first-order valence-electron chi connectivity index (χ1n) is 8.66. The second kappa shape index (κ2) is 8.41. The summed E-state index contributed by atoms with van der Waals surface area (Å²) < 4.78 is 0. The number of nitrogens with one attached hydrogen (secondary N) is 2. The molecule has 2 N–H and O–H groups in total. The Morgan fingerprint density at radius 1 is 0.885 bits per heavy atom. The van der Waals surface area contributed by atoms with E-state index in [-0.39, 0.29) is 17.4 Å². The molecule has 2 amide bonds. The standard InChI is InChI=1S/C21H26N2O2S/c1-14(2)26-18-13-9-7-11-16(18)19(24)22-17-12-8-6-10-15(17)20(25)23-21(3,4)5/h6-14H,1-5H3,(H,22,24)(H,23,25). The monoisotopic (exact) mass is 370 g/mol. The van der Waals surface area contributed by atoms with Crippen LogP contribution >= 0.6 is 11.8 Å². The fourth-order valence-electron chi connectivity index (χ4n) is 2.40. The minimum Gasteiger partial charge on any atom is -0.347 e. The largest absolute Gasteiger partial charge is 0.347 e. The lowest BCUT2D eigenvalue weighted by Crippen LogP contribution is -2.40. The maximum atomic E-state index is 12.8. The molecule has 0 heterocycles. The summed E-state index contributed by atoms with van der Waals surface area (Å²) >= 11 is 1.64. The number of amides is 2. The summed E-state index contributed by atoms with van der Waals surface area (Å²) in [6, 6.07) is 14.6. The smallest absolute Gasteiger partial charge is 0.256 e. The van der Waals surface area contributed by atoms with Crippen molar-refractivity contribution in [2.45, 2.75) is 50.3 Å². The van der Waals surface area contributed by atoms with Crippen molar-refractivity contribution in [2.75, 3.05) is 5.32 Å². The van der Waals surface area contributed by atoms with Gasteiger partial charge in [-0.3, -0.25) is 9.59 Å². The zero-order valence-corrected chi connectivity index (χ0v) is 16.7. The van der Waals surface area contributed by atoms with Gasteiger partial charge >= 0.3 is 0 Å². The Morgan fingerprint density at radius 2 is 1.46 bits per heavy atom. The van der Waals surface area contributed by atoms with Crippen molar-refractivity contribution < 1.29 is 9.59 Å². The van der Waals surface area contributed by atoms with Gasteiger partial charge in [0.25, 0.3) is 11.8 Å². The number of rotatable bonds is 5. The second-order valence-electron chi connectivity index (χ2n) is 7.37. The molecule has 0 aliphatic rings. The van der Waals surface area contributed by atoms with E-state index in [1.807, 2.05) is 39.0 Å². The molecule has 2 aromatic carbocycles. The maximum Gasteiger partial charge on any atom is 0.256 e. The van der Waals surface area contributed by atoms with E-state index in [2.05, 4.69) is 24.5 Å². The van der Waals surface area contributed by atoms with Crippen molar-refractivity contribution in [3.63, 3.8) is 0 Å². The first kappa shape index (κ1) is 20.0. The maximum absolute atomic E-state index is 12.8. The highest BCUT2D eigenvalue weighted by molar-refractivity contribution is 8.00. The summed E-state index contributed by atoms with van der Waals surface area (Å²) in [5.41, 5.74) is 1.21. The van der Waals surface area contributed by atoms with E-state index in [1.54, 1.807) is 42.1 Å². The van der Waals surface area contributed by atoms with E-state index in [1.165, 1.54) is 0 Å². The minimum absolute atomic E-state index is 0.210. The summed E-state index contributed by atoms with van der Waals surface area (Å²) in [6.45, 7) is 9.94. The number of hydrogen-bond donors (Lipinski definition) is 2. The molecule has 26 heavy (non-hydrogen) atoms. The number of para-hydroxylation sites is 1. The molecular weight excluding hydrogens is 344 g/mol. The number of thioether (sulfide) groups is 1. The summed E-state index contributed by atoms with van der Waals surface area (Å²) in [5.74, 6) is -0.428. The van der Waals surface area contributed by atoms with Gasteiger partial charge in [-0.25, -0.2) is 0 Å². The van der Waals surface area contributed by atoms with Crippen LogP contribution in [0.2, 0.25) is 0 Å². The van der Waals surface area contributed by atoms with E-state index in [4.69, 9.17) is 0 Å². The van der Waals surface area contributed by atoms with Crippen molar-refractivity contribution in [1.82, 2.24) is 5.32 Å². The summed E-state index contributed by atoms with van der Waals surface area (Å²) in [4.78, 5) is 26.3. The fraction of sp³-hybridized carbons (Fsp3) is 0.333. The number of anilines is 1. The van der Waals surface area contributed by atoms with Gasteiger partial charge in [0, 0.05) is 15.7 Å². The van der Waals surface area contributed by atoms with Crippen LogP contribution in [0.25, 0.3) is 0 Å². The van der Waals surface area contributed by atoms with Crippen LogP contribution in [-0.4, -0.2) is 22.6 Å². The SMILES string of the molecule is CC(C)Sc1ccccc1C(=O)Nc1ccccc1C(=O)NC(C)(C)C. The Balaban J connectivity index is 2.27. The number of benzene rings is 2. The van der Waals surface area contributed by atoms with Crippen LogP contribution in [0, 0.1) is 0 Å². The van der Waals surface area contributed by atoms with Crippen molar-refractivity contribution in [3.05, 3.63) is 59.7 Å². The molecule has 0 radical (unpaired) electrons. The molecule has 0 spiro atoms. The quantitative estimate of drug-likeness (QED) is 0.731. The van der Waals surface area contributed by atoms with Crippen molar-refractivity contribution in [2.24, 2.45) is 0 Å². The third-order valence-corrected chi connectivity index (χ3v) is 4.48. The Kier molecular flexibility index (Phi) is 6.48. The summed E-state index contributed by atoms with van der Waals surface area (Å²) in [7, 11) is 0. The Bertz CT molecular complexity index is 795. The van der Waals surface area contributed by atoms with Crippen LogP contribution in [0.3, 0.4) is 0 Å². The first-order valence-corrected chi connectivity index (χ1v) is 9.54. The molecule has 0 saturated carbocycles. The highest BCUT2D eigenvalue weighted by Gasteiger charge is 2.20. The lowest BCUT2D eigenvalue weighted by molar-refractivity contribution is 0.0920. The molecule has 2 rings (SSSR count). The molecule has 2 aromatic rings. The molecule has 138 valence electrons. The van der Waals surface area contributed by atoms with Gasteiger partial charge in [-0.2, -0.15) is 0 Å². The predicted molar refractivity (Wildman–Crippen MR) is 109 cm³/mol. The van der Waals surface area contributed by atoms with Crippen molar-refractivity contribution >= 4 is 29.3 Å². The topological polar surface area (TPSA) is 58.2 Å². The van der Waals surface area contributed by atoms with Crippen LogP contribution in [0.5, 0.6) is 0 Å². The zero-order chi connectivity index (χ0) is 19.3. The van der Waals surface area contributed by atoms with Gasteiger partial charge in [0.15, 0.2) is 0 Å². The molecule has 4 nitrogen and oxygen atoms in total. The van der Waals surface area contributed by atoms with Gasteiger partial charge in [-0.05, 0) is 45.0 Å². The Labute approximate surface area is 159 Å². The third kappa shape index (κ3) is 5.63. The van der Waals surface area contributed by atoms with Crippen LogP contribution in [0.4, 0.5) is 5.69 Å². The molecular formula is C21H26N2O2S. The molecule has 0 bridgehead atoms. The molecule has 0 unspecified atom stereocenters. The lowest BCUT2D eigenvalue weighted by Gasteiger charge is -2.21. The van der Waals surface area contributed by atoms with E-state index in [0.717, 1.165) is 4.90 Å². The first-order chi connectivity index (χ1) is 12.2. The third-order valence-electron chi connectivity index (χ3n) is 3.40. The molecule has 5 heteroatoms. The van der Waals surface area contributed by atoms with Crippen LogP contribution in [0.15, 0.2) is 53.4 Å². The van der Waals surface area contributed by atoms with Crippen LogP contribution in [0.1, 0.15) is 55.3 Å². The highest BCUT2D eigenvalue weighted by Crippen LogP contribution is 2.27. The van der Waals surface area contributed by atoms with Gasteiger partial charge < -0.3 is 10.6 Å². The second-order valence-corrected chi connectivity index (χ2v) is 8.98. The molecule has 0 aromatic heterocycles. The normalized spacial score (nSPS) is 11.3. The zero-order valence-electron chi connectivity index (χ0n) is 15.9. The average molecular weight is 371 g/mol. The van der Waals surface area contributed by atoms with E-state index in [9.17, 15) is 9.59 Å². The lowest BCUT2D eigenvalue weighted by atomic mass is 10.1. The summed E-state index contributed by atoms with van der Waals surface area (Å²) in [5, 5.41) is 6.20. The fourth-order valence-corrected chi connectivity index (χ4v) is 3.35. The van der Waals surface area contributed by atoms with Crippen LogP contribution < -0.4 is 10.6 Å². The van der Waals surface area contributed by atoms with Crippen molar-refractivity contribution in [3.8, 4) is 0 Å². The predicted octanol–water partition coefficient (Wildman–Crippen LogP) is 4.97. The molecule has 0 fully saturated rings. The Morgan fingerprint density at radius 3 is 2.08 bits per heavy atom.